The summed E-state index contributed by atoms with van der Waals surface area (Å²) in [7, 11) is 1.11. The number of carbonyl (C=O) groups excluding carboxylic acids is 1. The van der Waals surface area contributed by atoms with E-state index in [4.69, 9.17) is 16.3 Å². The molecular formula is C22H15ClF3NO5. The molecule has 0 spiro atoms. The predicted octanol–water partition coefficient (Wildman–Crippen LogP) is 6.22. The van der Waals surface area contributed by atoms with Crippen molar-refractivity contribution >= 4 is 23.3 Å². The quantitative estimate of drug-likeness (QED) is 0.245. The summed E-state index contributed by atoms with van der Waals surface area (Å²) in [5.41, 5.74) is -0.565. The number of methoxy groups -OCH3 is 1. The Bertz CT molecular complexity index is 1150. The molecule has 0 heterocycles. The number of nitro groups is 1. The van der Waals surface area contributed by atoms with Gasteiger partial charge in [0.05, 0.1) is 17.6 Å². The van der Waals surface area contributed by atoms with Crippen LogP contribution in [-0.2, 0) is 10.9 Å². The van der Waals surface area contributed by atoms with E-state index in [0.717, 1.165) is 31.4 Å². The van der Waals surface area contributed by atoms with Crippen LogP contribution in [0.1, 0.15) is 33.2 Å². The van der Waals surface area contributed by atoms with E-state index in [0.29, 0.717) is 16.1 Å². The van der Waals surface area contributed by atoms with Gasteiger partial charge in [0.2, 0.25) is 0 Å². The van der Waals surface area contributed by atoms with E-state index in [9.17, 15) is 28.1 Å². The number of rotatable bonds is 6. The summed E-state index contributed by atoms with van der Waals surface area (Å²) in [4.78, 5) is 22.6. The largest absolute Gasteiger partial charge is 0.480 e. The normalized spacial score (nSPS) is 12.2. The molecule has 0 radical (unpaired) electrons. The minimum atomic E-state index is -4.51. The fourth-order valence-electron chi connectivity index (χ4n) is 2.98. The molecule has 3 rings (SSSR count). The van der Waals surface area contributed by atoms with Crippen molar-refractivity contribution in [3.05, 3.63) is 104 Å². The van der Waals surface area contributed by atoms with E-state index < -0.39 is 28.7 Å². The van der Waals surface area contributed by atoms with Crippen LogP contribution in [0.2, 0.25) is 5.02 Å². The van der Waals surface area contributed by atoms with Crippen molar-refractivity contribution in [3.63, 3.8) is 0 Å². The lowest BCUT2D eigenvalue weighted by Gasteiger charge is -2.22. The minimum absolute atomic E-state index is 0.0488. The molecular weight excluding hydrogens is 451 g/mol. The highest BCUT2D eigenvalue weighted by atomic mass is 35.5. The molecule has 0 amide bonds. The molecule has 3 aromatic rings. The number of non-ortho nitro benzene ring substituents is 1. The molecule has 6 nitrogen and oxygen atoms in total. The number of hydrogen-bond donors (Lipinski definition) is 0. The first-order chi connectivity index (χ1) is 15.1. The predicted molar refractivity (Wildman–Crippen MR) is 110 cm³/mol. The van der Waals surface area contributed by atoms with Crippen molar-refractivity contribution < 1.29 is 32.4 Å². The molecule has 0 saturated heterocycles. The second-order valence-electron chi connectivity index (χ2n) is 6.60. The van der Waals surface area contributed by atoms with Gasteiger partial charge in [0.25, 0.3) is 5.69 Å². The van der Waals surface area contributed by atoms with E-state index in [-0.39, 0.29) is 17.0 Å². The number of benzene rings is 3. The second kappa shape index (κ2) is 9.27. The molecule has 0 aliphatic rings. The molecule has 1 atom stereocenters. The van der Waals surface area contributed by atoms with Crippen LogP contribution < -0.4 is 4.74 Å². The molecule has 1 unspecified atom stereocenters. The summed E-state index contributed by atoms with van der Waals surface area (Å²) in [5.74, 6) is -0.923. The van der Waals surface area contributed by atoms with Crippen molar-refractivity contribution in [2.45, 2.75) is 12.3 Å². The lowest BCUT2D eigenvalue weighted by Crippen LogP contribution is -2.14. The van der Waals surface area contributed by atoms with E-state index in [1.54, 1.807) is 24.3 Å². The van der Waals surface area contributed by atoms with Gasteiger partial charge in [-0.2, -0.15) is 13.2 Å². The Morgan fingerprint density at radius 2 is 1.72 bits per heavy atom. The number of ether oxygens (including phenoxy) is 2. The first-order valence-electron chi connectivity index (χ1n) is 9.06. The standard InChI is InChI=1S/C22H15ClF3NO5/c1-31-21(28)18-12-17(27(29)30)9-10-19(18)32-20(14-3-2-4-16(23)11-14)13-5-7-15(8-6-13)22(24,25)26/h2-12,20H,1H3. The number of nitro benzene ring substituents is 1. The third-order valence-corrected chi connectivity index (χ3v) is 4.75. The highest BCUT2D eigenvalue weighted by Crippen LogP contribution is 2.35. The number of alkyl halides is 3. The summed E-state index contributed by atoms with van der Waals surface area (Å²) >= 11 is 6.07. The average molecular weight is 466 g/mol. The maximum atomic E-state index is 13.0. The smallest absolute Gasteiger partial charge is 0.416 e. The Labute approximate surface area is 185 Å². The van der Waals surface area contributed by atoms with Crippen LogP contribution in [0.25, 0.3) is 0 Å². The highest BCUT2D eigenvalue weighted by molar-refractivity contribution is 6.30. The SMILES string of the molecule is COC(=O)c1cc([N+](=O)[O-])ccc1OC(c1ccc(C(F)(F)F)cc1)c1cccc(Cl)c1. The molecule has 0 N–H and O–H groups in total. The summed E-state index contributed by atoms with van der Waals surface area (Å²) in [6.45, 7) is 0. The van der Waals surface area contributed by atoms with Gasteiger partial charge in [0.1, 0.15) is 17.4 Å². The van der Waals surface area contributed by atoms with Gasteiger partial charge in [0, 0.05) is 17.2 Å². The molecule has 3 aromatic carbocycles. The van der Waals surface area contributed by atoms with E-state index in [1.807, 2.05) is 0 Å². The fourth-order valence-corrected chi connectivity index (χ4v) is 3.17. The first-order valence-corrected chi connectivity index (χ1v) is 9.44. The fraction of sp³-hybridized carbons (Fsp3) is 0.136. The molecule has 0 saturated carbocycles. The van der Waals surface area contributed by atoms with Crippen LogP contribution in [0.5, 0.6) is 5.75 Å². The topological polar surface area (TPSA) is 78.7 Å². The van der Waals surface area contributed by atoms with Crippen LogP contribution in [0.3, 0.4) is 0 Å². The van der Waals surface area contributed by atoms with Crippen molar-refractivity contribution in [1.29, 1.82) is 0 Å². The maximum absolute atomic E-state index is 13.0. The zero-order chi connectivity index (χ0) is 23.5. The Hall–Kier alpha value is -3.59. The zero-order valence-electron chi connectivity index (χ0n) is 16.4. The Kier molecular flexibility index (Phi) is 6.69. The second-order valence-corrected chi connectivity index (χ2v) is 7.04. The molecule has 10 heteroatoms. The van der Waals surface area contributed by atoms with Crippen LogP contribution in [0.15, 0.2) is 66.7 Å². The van der Waals surface area contributed by atoms with Crippen LogP contribution in [-0.4, -0.2) is 18.0 Å². The first kappa shape index (κ1) is 23.1. The molecule has 32 heavy (non-hydrogen) atoms. The third kappa shape index (κ3) is 5.17. The lowest BCUT2D eigenvalue weighted by molar-refractivity contribution is -0.384. The van der Waals surface area contributed by atoms with Crippen molar-refractivity contribution in [3.8, 4) is 5.75 Å². The molecule has 0 bridgehead atoms. The van der Waals surface area contributed by atoms with Crippen molar-refractivity contribution in [2.75, 3.05) is 7.11 Å². The number of nitrogens with zero attached hydrogens (tertiary/aromatic N) is 1. The number of esters is 1. The summed E-state index contributed by atoms with van der Waals surface area (Å²) < 4.78 is 49.6. The Balaban J connectivity index is 2.09. The monoisotopic (exact) mass is 465 g/mol. The molecule has 0 fully saturated rings. The maximum Gasteiger partial charge on any atom is 0.416 e. The van der Waals surface area contributed by atoms with Gasteiger partial charge in [-0.15, -0.1) is 0 Å². The number of carbonyl (C=O) groups is 1. The zero-order valence-corrected chi connectivity index (χ0v) is 17.2. The summed E-state index contributed by atoms with van der Waals surface area (Å²) in [6, 6.07) is 14.1. The van der Waals surface area contributed by atoms with Gasteiger partial charge in [-0.25, -0.2) is 4.79 Å². The van der Waals surface area contributed by atoms with Gasteiger partial charge in [-0.05, 0) is 41.5 Å². The third-order valence-electron chi connectivity index (χ3n) is 4.52. The average Bonchev–Trinajstić information content (AvgIpc) is 2.76. The summed E-state index contributed by atoms with van der Waals surface area (Å²) in [6.07, 6.45) is -5.48. The van der Waals surface area contributed by atoms with Crippen LogP contribution in [0.4, 0.5) is 18.9 Å². The van der Waals surface area contributed by atoms with Gasteiger partial charge in [0.15, 0.2) is 0 Å². The van der Waals surface area contributed by atoms with Crippen molar-refractivity contribution in [2.24, 2.45) is 0 Å². The molecule has 0 aliphatic heterocycles. The Morgan fingerprint density at radius 3 is 2.28 bits per heavy atom. The van der Waals surface area contributed by atoms with Crippen LogP contribution >= 0.6 is 11.6 Å². The van der Waals surface area contributed by atoms with Gasteiger partial charge in [-0.1, -0.05) is 35.9 Å². The molecule has 0 aliphatic carbocycles. The van der Waals surface area contributed by atoms with Gasteiger partial charge < -0.3 is 9.47 Å². The molecule has 0 aromatic heterocycles. The Morgan fingerprint density at radius 1 is 1.03 bits per heavy atom. The molecule has 166 valence electrons. The van der Waals surface area contributed by atoms with E-state index in [2.05, 4.69) is 4.74 Å². The number of hydrogen-bond acceptors (Lipinski definition) is 5. The lowest BCUT2D eigenvalue weighted by atomic mass is 9.99. The van der Waals surface area contributed by atoms with Gasteiger partial charge >= 0.3 is 12.1 Å². The van der Waals surface area contributed by atoms with Gasteiger partial charge in [-0.3, -0.25) is 10.1 Å². The number of halogens is 4. The summed E-state index contributed by atoms with van der Waals surface area (Å²) in [5, 5.41) is 11.5. The highest BCUT2D eigenvalue weighted by Gasteiger charge is 2.31. The van der Waals surface area contributed by atoms with E-state index in [1.165, 1.54) is 18.2 Å². The van der Waals surface area contributed by atoms with E-state index >= 15 is 0 Å². The minimum Gasteiger partial charge on any atom is -0.480 e. The van der Waals surface area contributed by atoms with Crippen molar-refractivity contribution in [1.82, 2.24) is 0 Å². The van der Waals surface area contributed by atoms with Crippen LogP contribution in [0, 0.1) is 10.1 Å².